The molecule has 0 spiro atoms. The fraction of sp³-hybridized carbons (Fsp3) is 0.0435. The molecule has 0 fully saturated rings. The molecule has 0 atom stereocenters. The Balaban J connectivity index is 1.25. The van der Waals surface area contributed by atoms with Gasteiger partial charge in [-0.25, -0.2) is 4.99 Å². The smallest absolute Gasteiger partial charge is 0.153 e. The van der Waals surface area contributed by atoms with Crippen molar-refractivity contribution >= 4 is 11.5 Å². The van der Waals surface area contributed by atoms with Gasteiger partial charge in [0.2, 0.25) is 0 Å². The SMILES string of the molecule is N=C(N=C(c1ccc(-c2ccccc2)cc1)c1cccc2c1-c1ccccc1C2)c1cc(-c2ccccc2)cc2c1-c1ccccc1C2. The molecule has 0 saturated heterocycles. The third-order valence-corrected chi connectivity index (χ3v) is 9.81. The van der Waals surface area contributed by atoms with E-state index < -0.39 is 0 Å². The van der Waals surface area contributed by atoms with Crippen molar-refractivity contribution in [1.82, 2.24) is 0 Å². The first kappa shape index (κ1) is 28.1. The predicted molar refractivity (Wildman–Crippen MR) is 199 cm³/mol. The number of nitrogens with one attached hydrogen (secondary N) is 1. The zero-order valence-corrected chi connectivity index (χ0v) is 26.4. The van der Waals surface area contributed by atoms with E-state index in [-0.39, 0.29) is 5.84 Å². The number of benzene rings is 7. The monoisotopic (exact) mass is 612 g/mol. The Morgan fingerprint density at radius 2 is 0.938 bits per heavy atom. The van der Waals surface area contributed by atoms with Gasteiger partial charge in [-0.05, 0) is 85.7 Å². The van der Waals surface area contributed by atoms with Crippen LogP contribution in [0, 0.1) is 5.41 Å². The van der Waals surface area contributed by atoms with Gasteiger partial charge in [0.1, 0.15) is 0 Å². The Labute approximate surface area is 281 Å². The molecule has 0 amide bonds. The van der Waals surface area contributed by atoms with E-state index in [9.17, 15) is 5.41 Å². The first-order valence-electron chi connectivity index (χ1n) is 16.6. The normalized spacial score (nSPS) is 12.6. The maximum Gasteiger partial charge on any atom is 0.153 e. The first-order valence-corrected chi connectivity index (χ1v) is 16.6. The van der Waals surface area contributed by atoms with Gasteiger partial charge in [0, 0.05) is 16.7 Å². The summed E-state index contributed by atoms with van der Waals surface area (Å²) in [6.45, 7) is 0. The Kier molecular flexibility index (Phi) is 6.80. The molecule has 0 radical (unpaired) electrons. The van der Waals surface area contributed by atoms with Crippen LogP contribution in [0.5, 0.6) is 0 Å². The highest BCUT2D eigenvalue weighted by Crippen LogP contribution is 2.43. The van der Waals surface area contributed by atoms with Gasteiger partial charge in [0.05, 0.1) is 5.71 Å². The molecule has 0 saturated carbocycles. The van der Waals surface area contributed by atoms with Crippen LogP contribution < -0.4 is 0 Å². The van der Waals surface area contributed by atoms with Gasteiger partial charge < -0.3 is 0 Å². The molecule has 7 aromatic carbocycles. The molecular weight excluding hydrogens is 581 g/mol. The minimum absolute atomic E-state index is 0.270. The van der Waals surface area contributed by atoms with E-state index in [1.807, 2.05) is 12.1 Å². The second-order valence-electron chi connectivity index (χ2n) is 12.7. The van der Waals surface area contributed by atoms with Crippen molar-refractivity contribution < 1.29 is 0 Å². The zero-order chi connectivity index (χ0) is 32.0. The minimum Gasteiger partial charge on any atom is -0.282 e. The summed E-state index contributed by atoms with van der Waals surface area (Å²) in [4.78, 5) is 5.33. The van der Waals surface area contributed by atoms with Crippen LogP contribution in [0.25, 0.3) is 44.5 Å². The van der Waals surface area contributed by atoms with Crippen molar-refractivity contribution in [2.75, 3.05) is 0 Å². The van der Waals surface area contributed by atoms with E-state index in [1.165, 1.54) is 44.5 Å². The Morgan fingerprint density at radius 1 is 0.417 bits per heavy atom. The summed E-state index contributed by atoms with van der Waals surface area (Å²) in [5.41, 5.74) is 18.3. The van der Waals surface area contributed by atoms with Crippen molar-refractivity contribution in [3.05, 3.63) is 203 Å². The van der Waals surface area contributed by atoms with Crippen LogP contribution in [-0.2, 0) is 12.8 Å². The topological polar surface area (TPSA) is 36.2 Å². The van der Waals surface area contributed by atoms with Gasteiger partial charge in [-0.3, -0.25) is 5.41 Å². The maximum absolute atomic E-state index is 9.76. The molecule has 0 aliphatic heterocycles. The average molecular weight is 613 g/mol. The highest BCUT2D eigenvalue weighted by atomic mass is 14.8. The summed E-state index contributed by atoms with van der Waals surface area (Å²) < 4.78 is 0. The van der Waals surface area contributed by atoms with Gasteiger partial charge in [0.15, 0.2) is 5.84 Å². The second-order valence-corrected chi connectivity index (χ2v) is 12.7. The molecule has 2 aliphatic carbocycles. The molecular formula is C46H32N2. The molecule has 2 aliphatic rings. The summed E-state index contributed by atoms with van der Waals surface area (Å²) in [7, 11) is 0. The van der Waals surface area contributed by atoms with Crippen LogP contribution in [0.1, 0.15) is 38.9 Å². The second kappa shape index (κ2) is 11.6. The molecule has 0 heterocycles. The van der Waals surface area contributed by atoms with E-state index in [0.717, 1.165) is 57.5 Å². The van der Waals surface area contributed by atoms with Crippen molar-refractivity contribution in [1.29, 1.82) is 5.41 Å². The summed E-state index contributed by atoms with van der Waals surface area (Å²) in [5, 5.41) is 9.76. The first-order chi connectivity index (χ1) is 23.7. The summed E-state index contributed by atoms with van der Waals surface area (Å²) in [6.07, 6.45) is 1.76. The molecule has 226 valence electrons. The van der Waals surface area contributed by atoms with Gasteiger partial charge >= 0.3 is 0 Å². The largest absolute Gasteiger partial charge is 0.282 e. The van der Waals surface area contributed by atoms with Crippen LogP contribution in [0.3, 0.4) is 0 Å². The number of fused-ring (bicyclic) bond motifs is 6. The number of hydrogen-bond donors (Lipinski definition) is 1. The predicted octanol–water partition coefficient (Wildman–Crippen LogP) is 11.0. The molecule has 48 heavy (non-hydrogen) atoms. The van der Waals surface area contributed by atoms with Gasteiger partial charge in [-0.15, -0.1) is 0 Å². The highest BCUT2D eigenvalue weighted by Gasteiger charge is 2.27. The average Bonchev–Trinajstić information content (AvgIpc) is 3.73. The Morgan fingerprint density at radius 3 is 1.60 bits per heavy atom. The van der Waals surface area contributed by atoms with Crippen molar-refractivity contribution in [3.8, 4) is 44.5 Å². The van der Waals surface area contributed by atoms with Crippen LogP contribution in [0.2, 0.25) is 0 Å². The van der Waals surface area contributed by atoms with E-state index >= 15 is 0 Å². The number of aliphatic imine (C=N–C) groups is 1. The fourth-order valence-corrected chi connectivity index (χ4v) is 7.56. The van der Waals surface area contributed by atoms with Gasteiger partial charge in [-0.1, -0.05) is 158 Å². The Hall–Kier alpha value is -6.12. The van der Waals surface area contributed by atoms with Crippen LogP contribution in [0.15, 0.2) is 169 Å². The summed E-state index contributed by atoms with van der Waals surface area (Å²) in [5.74, 6) is 0.270. The quantitative estimate of drug-likeness (QED) is 0.148. The number of rotatable bonds is 5. The maximum atomic E-state index is 9.76. The van der Waals surface area contributed by atoms with E-state index in [4.69, 9.17) is 4.99 Å². The molecule has 7 aromatic rings. The Bertz CT molecular complexity index is 2380. The number of hydrogen-bond acceptors (Lipinski definition) is 1. The lowest BCUT2D eigenvalue weighted by Crippen LogP contribution is -2.11. The molecule has 2 nitrogen and oxygen atoms in total. The third-order valence-electron chi connectivity index (χ3n) is 9.81. The highest BCUT2D eigenvalue weighted by molar-refractivity contribution is 6.23. The lowest BCUT2D eigenvalue weighted by atomic mass is 9.91. The minimum atomic E-state index is 0.270. The molecule has 0 unspecified atom stereocenters. The van der Waals surface area contributed by atoms with Crippen LogP contribution in [0.4, 0.5) is 0 Å². The number of nitrogens with zero attached hydrogens (tertiary/aromatic N) is 1. The number of amidine groups is 1. The van der Waals surface area contributed by atoms with Crippen molar-refractivity contribution in [2.24, 2.45) is 4.99 Å². The van der Waals surface area contributed by atoms with Gasteiger partial charge in [-0.2, -0.15) is 0 Å². The van der Waals surface area contributed by atoms with Crippen molar-refractivity contribution in [3.63, 3.8) is 0 Å². The van der Waals surface area contributed by atoms with Crippen molar-refractivity contribution in [2.45, 2.75) is 12.8 Å². The van der Waals surface area contributed by atoms with Crippen LogP contribution >= 0.6 is 0 Å². The summed E-state index contributed by atoms with van der Waals surface area (Å²) in [6, 6.07) is 57.9. The molecule has 2 heteroatoms. The standard InChI is InChI=1S/C46H32N2/c47-46(42-29-37(31-14-5-2-6-15-31)28-38-27-35-17-8-10-20-40(35)44(38)42)48-45(33-24-22-32(23-25-33)30-12-3-1-4-13-30)41-21-11-18-36-26-34-16-7-9-19-39(34)43(36)41/h1-25,28-29,47H,26-27H2. The summed E-state index contributed by atoms with van der Waals surface area (Å²) >= 11 is 0. The van der Waals surface area contributed by atoms with E-state index in [0.29, 0.717) is 0 Å². The molecule has 1 N–H and O–H groups in total. The van der Waals surface area contributed by atoms with Crippen LogP contribution in [-0.4, -0.2) is 11.5 Å². The lowest BCUT2D eigenvalue weighted by molar-refractivity contribution is 1.26. The van der Waals surface area contributed by atoms with E-state index in [1.54, 1.807) is 0 Å². The zero-order valence-electron chi connectivity index (χ0n) is 26.4. The fourth-order valence-electron chi connectivity index (χ4n) is 7.56. The lowest BCUT2D eigenvalue weighted by Gasteiger charge is -2.16. The third kappa shape index (κ3) is 4.82. The molecule has 9 rings (SSSR count). The molecule has 0 bridgehead atoms. The molecule has 0 aromatic heterocycles. The van der Waals surface area contributed by atoms with E-state index in [2.05, 4.69) is 152 Å². The van der Waals surface area contributed by atoms with Gasteiger partial charge in [0.25, 0.3) is 0 Å².